The number of rotatable bonds is 6. The highest BCUT2D eigenvalue weighted by atomic mass is 16.5. The lowest BCUT2D eigenvalue weighted by atomic mass is 9.75. The lowest BCUT2D eigenvalue weighted by Gasteiger charge is -2.35. The van der Waals surface area contributed by atoms with Crippen molar-refractivity contribution < 1.29 is 9.47 Å². The van der Waals surface area contributed by atoms with Crippen molar-refractivity contribution in [2.45, 2.75) is 38.5 Å². The summed E-state index contributed by atoms with van der Waals surface area (Å²) in [5.74, 6) is 3.69. The number of hydrogen-bond donors (Lipinski definition) is 0. The van der Waals surface area contributed by atoms with E-state index in [-0.39, 0.29) is 10.8 Å². The van der Waals surface area contributed by atoms with E-state index in [1.807, 2.05) is 12.1 Å². The zero-order chi connectivity index (χ0) is 41.3. The van der Waals surface area contributed by atoms with Gasteiger partial charge in [0.15, 0.2) is 0 Å². The molecule has 3 heteroatoms. The Morgan fingerprint density at radius 2 is 0.689 bits per heavy atom. The SMILES string of the molecule is CC1(C)c2ccccc2Oc2c(-c3ccc(N(c4ccc(-c5cccc6c5Oc5ccccc5C6(C)C)cc4)c4ccc(-c5cccc6ccccc56)cc4)cc3)cccc21. The summed E-state index contributed by atoms with van der Waals surface area (Å²) in [4.78, 5) is 2.34. The van der Waals surface area contributed by atoms with Gasteiger partial charge in [-0.3, -0.25) is 0 Å². The van der Waals surface area contributed by atoms with Crippen molar-refractivity contribution in [1.82, 2.24) is 0 Å². The topological polar surface area (TPSA) is 21.7 Å². The molecule has 0 atom stereocenters. The van der Waals surface area contributed by atoms with Crippen molar-refractivity contribution >= 4 is 27.8 Å². The summed E-state index contributed by atoms with van der Waals surface area (Å²) in [5, 5.41) is 2.49. The molecule has 0 aromatic heterocycles. The van der Waals surface area contributed by atoms with Crippen molar-refractivity contribution in [1.29, 1.82) is 0 Å². The van der Waals surface area contributed by atoms with Crippen molar-refractivity contribution in [2.75, 3.05) is 4.90 Å². The molecule has 0 saturated heterocycles. The number of ether oxygens (including phenoxy) is 2. The van der Waals surface area contributed by atoms with Gasteiger partial charge >= 0.3 is 0 Å². The first-order chi connectivity index (χ1) is 29.8. The molecule has 2 aliphatic rings. The Labute approximate surface area is 358 Å². The Kier molecular flexibility index (Phi) is 8.51. The summed E-state index contributed by atoms with van der Waals surface area (Å²) in [7, 11) is 0. The van der Waals surface area contributed by atoms with Gasteiger partial charge in [0.25, 0.3) is 0 Å². The van der Waals surface area contributed by atoms with Crippen molar-refractivity contribution in [2.24, 2.45) is 0 Å². The first kappa shape index (κ1) is 36.7. The zero-order valence-corrected chi connectivity index (χ0v) is 34.8. The Morgan fingerprint density at radius 1 is 0.328 bits per heavy atom. The molecule has 294 valence electrons. The first-order valence-corrected chi connectivity index (χ1v) is 21.2. The van der Waals surface area contributed by atoms with Gasteiger partial charge in [0.1, 0.15) is 23.0 Å². The van der Waals surface area contributed by atoms with Crippen LogP contribution >= 0.6 is 0 Å². The van der Waals surface area contributed by atoms with Crippen LogP contribution in [-0.4, -0.2) is 0 Å². The molecule has 61 heavy (non-hydrogen) atoms. The summed E-state index contributed by atoms with van der Waals surface area (Å²) in [6, 6.07) is 71.7. The maximum Gasteiger partial charge on any atom is 0.139 e. The standard InChI is InChI=1S/C58H45NO2/c1-57(2)49-20-7-9-24-53(49)60-55-47(18-12-22-51(55)57)40-28-34-43(35-29-40)59(42-32-26-39(27-33-42)46-17-11-15-38-14-5-6-16-45(38)46)44-36-30-41(31-37-44)48-19-13-23-52-56(48)61-54-25-10-8-21-50(54)58(52,3)4/h5-37H,1-4H3. The van der Waals surface area contributed by atoms with E-state index in [4.69, 9.17) is 9.47 Å². The van der Waals surface area contributed by atoms with Crippen LogP contribution in [-0.2, 0) is 10.8 Å². The third-order valence-electron chi connectivity index (χ3n) is 13.0. The summed E-state index contributed by atoms with van der Waals surface area (Å²) in [6.07, 6.45) is 0. The quantitative estimate of drug-likeness (QED) is 0.168. The number of para-hydroxylation sites is 4. The second-order valence-corrected chi connectivity index (χ2v) is 17.3. The molecule has 0 amide bonds. The van der Waals surface area contributed by atoms with Gasteiger partial charge in [-0.25, -0.2) is 0 Å². The Balaban J connectivity index is 0.987. The van der Waals surface area contributed by atoms with Gasteiger partial charge in [-0.15, -0.1) is 0 Å². The summed E-state index contributed by atoms with van der Waals surface area (Å²) >= 11 is 0. The normalized spacial score (nSPS) is 14.1. The third kappa shape index (κ3) is 6.03. The van der Waals surface area contributed by atoms with Gasteiger partial charge in [-0.1, -0.05) is 179 Å². The number of fused-ring (bicyclic) bond motifs is 5. The molecule has 9 aromatic rings. The van der Waals surface area contributed by atoms with E-state index in [0.717, 1.165) is 62.3 Å². The summed E-state index contributed by atoms with van der Waals surface area (Å²) < 4.78 is 13.4. The largest absolute Gasteiger partial charge is 0.456 e. The molecule has 11 rings (SSSR count). The van der Waals surface area contributed by atoms with Gasteiger partial charge in [-0.05, 0) is 81.6 Å². The maximum absolute atomic E-state index is 6.68. The van der Waals surface area contributed by atoms with Crippen LogP contribution in [0.1, 0.15) is 49.9 Å². The summed E-state index contributed by atoms with van der Waals surface area (Å²) in [5.41, 5.74) is 14.4. The van der Waals surface area contributed by atoms with Crippen LogP contribution in [0.4, 0.5) is 17.1 Å². The zero-order valence-electron chi connectivity index (χ0n) is 34.8. The van der Waals surface area contributed by atoms with E-state index >= 15 is 0 Å². The van der Waals surface area contributed by atoms with Crippen LogP contribution in [0.2, 0.25) is 0 Å². The van der Waals surface area contributed by atoms with Crippen LogP contribution in [0.15, 0.2) is 200 Å². The van der Waals surface area contributed by atoms with Gasteiger partial charge in [0.05, 0.1) is 0 Å². The first-order valence-electron chi connectivity index (χ1n) is 21.2. The number of anilines is 3. The van der Waals surface area contributed by atoms with E-state index in [9.17, 15) is 0 Å². The van der Waals surface area contributed by atoms with Crippen LogP contribution < -0.4 is 14.4 Å². The average molecular weight is 788 g/mol. The van der Waals surface area contributed by atoms with E-state index in [1.54, 1.807) is 0 Å². The minimum Gasteiger partial charge on any atom is -0.456 e. The van der Waals surface area contributed by atoms with E-state index < -0.39 is 0 Å². The minimum absolute atomic E-state index is 0.187. The molecule has 0 spiro atoms. The monoisotopic (exact) mass is 787 g/mol. The number of benzene rings is 9. The van der Waals surface area contributed by atoms with Crippen LogP contribution in [0.3, 0.4) is 0 Å². The van der Waals surface area contributed by atoms with Gasteiger partial charge in [-0.2, -0.15) is 0 Å². The Morgan fingerprint density at radius 3 is 1.18 bits per heavy atom. The van der Waals surface area contributed by atoms with Crippen molar-refractivity contribution in [3.05, 3.63) is 222 Å². The van der Waals surface area contributed by atoms with Crippen molar-refractivity contribution in [3.8, 4) is 56.4 Å². The molecule has 2 aliphatic heterocycles. The smallest absolute Gasteiger partial charge is 0.139 e. The molecule has 0 fully saturated rings. The molecular weight excluding hydrogens is 743 g/mol. The van der Waals surface area contributed by atoms with Gasteiger partial charge in [0, 0.05) is 61.3 Å². The lowest BCUT2D eigenvalue weighted by molar-refractivity contribution is 0.419. The number of nitrogens with zero attached hydrogens (tertiary/aromatic N) is 1. The van der Waals surface area contributed by atoms with E-state index in [1.165, 1.54) is 44.2 Å². The molecule has 0 unspecified atom stereocenters. The molecule has 0 radical (unpaired) electrons. The van der Waals surface area contributed by atoms with Gasteiger partial charge < -0.3 is 14.4 Å². The second kappa shape index (κ2) is 14.1. The predicted octanol–water partition coefficient (Wildman–Crippen LogP) is 16.2. The molecule has 0 bridgehead atoms. The van der Waals surface area contributed by atoms with E-state index in [0.29, 0.717) is 0 Å². The average Bonchev–Trinajstić information content (AvgIpc) is 3.30. The highest BCUT2D eigenvalue weighted by Crippen LogP contribution is 2.53. The molecule has 0 saturated carbocycles. The van der Waals surface area contributed by atoms with Gasteiger partial charge in [0.2, 0.25) is 0 Å². The summed E-state index contributed by atoms with van der Waals surface area (Å²) in [6.45, 7) is 9.14. The van der Waals surface area contributed by atoms with Crippen LogP contribution in [0.25, 0.3) is 44.2 Å². The fourth-order valence-corrected chi connectivity index (χ4v) is 9.68. The molecule has 0 N–H and O–H groups in total. The van der Waals surface area contributed by atoms with Crippen LogP contribution in [0, 0.1) is 0 Å². The van der Waals surface area contributed by atoms with Crippen LogP contribution in [0.5, 0.6) is 23.0 Å². The fraction of sp³-hybridized carbons (Fsp3) is 0.103. The second-order valence-electron chi connectivity index (χ2n) is 17.3. The maximum atomic E-state index is 6.68. The molecule has 9 aromatic carbocycles. The molecule has 3 nitrogen and oxygen atoms in total. The lowest BCUT2D eigenvalue weighted by Crippen LogP contribution is -2.24. The molecular formula is C58H45NO2. The fourth-order valence-electron chi connectivity index (χ4n) is 9.68. The molecule has 0 aliphatic carbocycles. The molecule has 2 heterocycles. The van der Waals surface area contributed by atoms with Crippen molar-refractivity contribution in [3.63, 3.8) is 0 Å². The number of hydrogen-bond acceptors (Lipinski definition) is 3. The van der Waals surface area contributed by atoms with E-state index in [2.05, 4.69) is 221 Å². The highest BCUT2D eigenvalue weighted by molar-refractivity contribution is 5.97. The minimum atomic E-state index is -0.187. The predicted molar refractivity (Wildman–Crippen MR) is 252 cm³/mol. The Bertz CT molecular complexity index is 2960. The third-order valence-corrected chi connectivity index (χ3v) is 13.0. The Hall–Kier alpha value is -7.36. The highest BCUT2D eigenvalue weighted by Gasteiger charge is 2.36.